The molecule has 0 fully saturated rings. The number of nitrogens with one attached hydrogen (secondary N) is 2. The van der Waals surface area contributed by atoms with E-state index in [0.29, 0.717) is 23.5 Å². The van der Waals surface area contributed by atoms with E-state index < -0.39 is 0 Å². The van der Waals surface area contributed by atoms with Crippen LogP contribution in [0.4, 0.5) is 5.69 Å². The van der Waals surface area contributed by atoms with Crippen molar-refractivity contribution in [3.05, 3.63) is 77.1 Å². The topological polar surface area (TPSA) is 76.0 Å². The molecule has 1 aromatic heterocycles. The van der Waals surface area contributed by atoms with Crippen molar-refractivity contribution in [3.8, 4) is 5.69 Å². The van der Waals surface area contributed by atoms with Gasteiger partial charge in [0, 0.05) is 29.1 Å². The molecule has 1 heterocycles. The number of hydrogen-bond donors (Lipinski definition) is 2. The summed E-state index contributed by atoms with van der Waals surface area (Å²) in [5.41, 5.74) is 4.63. The smallest absolute Gasteiger partial charge is 0.276 e. The third-order valence-electron chi connectivity index (χ3n) is 4.87. The predicted molar refractivity (Wildman–Crippen MR) is 108 cm³/mol. The molecule has 1 aliphatic rings. The Morgan fingerprint density at radius 3 is 2.64 bits per heavy atom. The second-order valence-electron chi connectivity index (χ2n) is 6.77. The number of amides is 2. The minimum absolute atomic E-state index is 0.159. The van der Waals surface area contributed by atoms with Crippen LogP contribution in [0.15, 0.2) is 54.6 Å². The zero-order valence-electron chi connectivity index (χ0n) is 15.7. The van der Waals surface area contributed by atoms with Crippen molar-refractivity contribution in [1.29, 1.82) is 0 Å². The third kappa shape index (κ3) is 3.41. The molecule has 0 aliphatic heterocycles. The van der Waals surface area contributed by atoms with Gasteiger partial charge in [-0.05, 0) is 56.5 Å². The van der Waals surface area contributed by atoms with E-state index in [0.717, 1.165) is 36.2 Å². The van der Waals surface area contributed by atoms with Crippen molar-refractivity contribution in [2.75, 3.05) is 11.9 Å². The largest absolute Gasteiger partial charge is 0.352 e. The van der Waals surface area contributed by atoms with Gasteiger partial charge in [0.1, 0.15) is 0 Å². The van der Waals surface area contributed by atoms with Gasteiger partial charge < -0.3 is 10.6 Å². The molecule has 6 heteroatoms. The Labute approximate surface area is 163 Å². The summed E-state index contributed by atoms with van der Waals surface area (Å²) in [6, 6.07) is 16.8. The van der Waals surface area contributed by atoms with E-state index in [1.807, 2.05) is 41.9 Å². The van der Waals surface area contributed by atoms with E-state index in [-0.39, 0.29) is 11.8 Å². The highest BCUT2D eigenvalue weighted by Crippen LogP contribution is 2.28. The molecule has 4 rings (SSSR count). The number of anilines is 1. The third-order valence-corrected chi connectivity index (χ3v) is 4.87. The summed E-state index contributed by atoms with van der Waals surface area (Å²) in [6.45, 7) is 2.42. The number of benzene rings is 2. The molecule has 142 valence electrons. The van der Waals surface area contributed by atoms with Crippen molar-refractivity contribution < 1.29 is 9.59 Å². The normalized spacial score (nSPS) is 12.5. The van der Waals surface area contributed by atoms with Crippen LogP contribution in [0.25, 0.3) is 5.69 Å². The lowest BCUT2D eigenvalue weighted by molar-refractivity contribution is 0.0954. The van der Waals surface area contributed by atoms with Gasteiger partial charge in [-0.25, -0.2) is 4.68 Å². The molecule has 0 saturated heterocycles. The van der Waals surface area contributed by atoms with Gasteiger partial charge in [0.05, 0.1) is 5.69 Å². The van der Waals surface area contributed by atoms with E-state index in [1.54, 1.807) is 24.3 Å². The van der Waals surface area contributed by atoms with Crippen LogP contribution in [0.2, 0.25) is 0 Å². The summed E-state index contributed by atoms with van der Waals surface area (Å²) in [7, 11) is 0. The molecule has 1 aliphatic carbocycles. The lowest BCUT2D eigenvalue weighted by Crippen LogP contribution is -2.23. The first kappa shape index (κ1) is 18.0. The van der Waals surface area contributed by atoms with Crippen molar-refractivity contribution in [2.24, 2.45) is 0 Å². The van der Waals surface area contributed by atoms with Crippen molar-refractivity contribution >= 4 is 17.5 Å². The summed E-state index contributed by atoms with van der Waals surface area (Å²) in [6.07, 6.45) is 2.79. The first-order valence-corrected chi connectivity index (χ1v) is 9.53. The molecule has 3 aromatic rings. The predicted octanol–water partition coefficient (Wildman–Crippen LogP) is 3.36. The SMILES string of the molecule is CCNC(=O)c1cccc(NC(=O)c2nn(-c3ccccc3)c3c2CCC3)c1. The minimum atomic E-state index is -0.249. The monoisotopic (exact) mass is 374 g/mol. The number of carbonyl (C=O) groups excluding carboxylic acids is 2. The maximum Gasteiger partial charge on any atom is 0.276 e. The average Bonchev–Trinajstić information content (AvgIpc) is 3.31. The maximum absolute atomic E-state index is 12.9. The molecule has 2 aromatic carbocycles. The Morgan fingerprint density at radius 1 is 1.04 bits per heavy atom. The number of fused-ring (bicyclic) bond motifs is 1. The molecular formula is C22H22N4O2. The van der Waals surface area contributed by atoms with Crippen LogP contribution in [0.1, 0.15) is 45.4 Å². The number of para-hydroxylation sites is 1. The zero-order valence-corrected chi connectivity index (χ0v) is 15.7. The van der Waals surface area contributed by atoms with Crippen LogP contribution in [-0.4, -0.2) is 28.1 Å². The lowest BCUT2D eigenvalue weighted by Gasteiger charge is -2.07. The molecule has 28 heavy (non-hydrogen) atoms. The van der Waals surface area contributed by atoms with Crippen molar-refractivity contribution in [2.45, 2.75) is 26.2 Å². The van der Waals surface area contributed by atoms with Crippen molar-refractivity contribution in [3.63, 3.8) is 0 Å². The summed E-state index contributed by atoms with van der Waals surface area (Å²) < 4.78 is 1.88. The maximum atomic E-state index is 12.9. The van der Waals surface area contributed by atoms with Gasteiger partial charge in [-0.3, -0.25) is 9.59 Å². The Morgan fingerprint density at radius 2 is 1.86 bits per heavy atom. The van der Waals surface area contributed by atoms with Crippen LogP contribution in [-0.2, 0) is 12.8 Å². The standard InChI is InChI=1S/C22H22N4O2/c1-2-23-21(27)15-8-6-9-16(14-15)24-22(28)20-18-12-7-13-19(18)26(25-20)17-10-4-3-5-11-17/h3-6,8-11,14H,2,7,12-13H2,1H3,(H,23,27)(H,24,28). The Bertz CT molecular complexity index is 1020. The highest BCUT2D eigenvalue weighted by atomic mass is 16.2. The summed E-state index contributed by atoms with van der Waals surface area (Å²) in [5.74, 6) is -0.409. The van der Waals surface area contributed by atoms with E-state index in [2.05, 4.69) is 15.7 Å². The molecule has 0 unspecified atom stereocenters. The highest BCUT2D eigenvalue weighted by molar-refractivity contribution is 6.05. The van der Waals surface area contributed by atoms with Crippen LogP contribution in [0, 0.1) is 0 Å². The van der Waals surface area contributed by atoms with E-state index in [4.69, 9.17) is 0 Å². The van der Waals surface area contributed by atoms with Crippen LogP contribution in [0.3, 0.4) is 0 Å². The Balaban J connectivity index is 1.61. The molecule has 0 saturated carbocycles. The summed E-state index contributed by atoms with van der Waals surface area (Å²) in [5, 5.41) is 10.3. The second-order valence-corrected chi connectivity index (χ2v) is 6.77. The molecule has 0 atom stereocenters. The highest BCUT2D eigenvalue weighted by Gasteiger charge is 2.27. The number of carbonyl (C=O) groups is 2. The second kappa shape index (κ2) is 7.68. The molecule has 0 spiro atoms. The number of aromatic nitrogens is 2. The first-order chi connectivity index (χ1) is 13.7. The van der Waals surface area contributed by atoms with Gasteiger partial charge in [-0.2, -0.15) is 5.10 Å². The number of hydrogen-bond acceptors (Lipinski definition) is 3. The van der Waals surface area contributed by atoms with Gasteiger partial charge in [-0.15, -0.1) is 0 Å². The number of nitrogens with zero attached hydrogens (tertiary/aromatic N) is 2. The zero-order chi connectivity index (χ0) is 19.5. The van der Waals surface area contributed by atoms with Crippen molar-refractivity contribution in [1.82, 2.24) is 15.1 Å². The van der Waals surface area contributed by atoms with E-state index >= 15 is 0 Å². The fourth-order valence-corrected chi connectivity index (χ4v) is 3.59. The molecule has 0 radical (unpaired) electrons. The molecule has 0 bridgehead atoms. The quantitative estimate of drug-likeness (QED) is 0.719. The van der Waals surface area contributed by atoms with E-state index in [9.17, 15) is 9.59 Å². The number of rotatable bonds is 5. The van der Waals surface area contributed by atoms with Crippen LogP contribution >= 0.6 is 0 Å². The van der Waals surface area contributed by atoms with Gasteiger partial charge >= 0.3 is 0 Å². The molecular weight excluding hydrogens is 352 g/mol. The first-order valence-electron chi connectivity index (χ1n) is 9.53. The Hall–Kier alpha value is -3.41. The molecule has 6 nitrogen and oxygen atoms in total. The summed E-state index contributed by atoms with van der Waals surface area (Å²) >= 11 is 0. The molecule has 2 N–H and O–H groups in total. The fraction of sp³-hybridized carbons (Fsp3) is 0.227. The van der Waals surface area contributed by atoms with Gasteiger partial charge in [0.15, 0.2) is 5.69 Å². The minimum Gasteiger partial charge on any atom is -0.352 e. The summed E-state index contributed by atoms with van der Waals surface area (Å²) in [4.78, 5) is 25.0. The van der Waals surface area contributed by atoms with Crippen LogP contribution in [0.5, 0.6) is 0 Å². The van der Waals surface area contributed by atoms with E-state index in [1.165, 1.54) is 0 Å². The van der Waals surface area contributed by atoms with Gasteiger partial charge in [0.25, 0.3) is 11.8 Å². The fourth-order valence-electron chi connectivity index (χ4n) is 3.59. The molecule has 2 amide bonds. The average molecular weight is 374 g/mol. The Kier molecular flexibility index (Phi) is 4.93. The van der Waals surface area contributed by atoms with Gasteiger partial charge in [0.2, 0.25) is 0 Å². The lowest BCUT2D eigenvalue weighted by atomic mass is 10.1. The van der Waals surface area contributed by atoms with Crippen LogP contribution < -0.4 is 10.6 Å². The van der Waals surface area contributed by atoms with Gasteiger partial charge in [-0.1, -0.05) is 24.3 Å².